The summed E-state index contributed by atoms with van der Waals surface area (Å²) in [5, 5.41) is 2.92. The van der Waals surface area contributed by atoms with E-state index >= 15 is 0 Å². The maximum atomic E-state index is 12.6. The Kier molecular flexibility index (Phi) is 6.41. The van der Waals surface area contributed by atoms with Gasteiger partial charge in [-0.25, -0.2) is 0 Å². The van der Waals surface area contributed by atoms with E-state index in [2.05, 4.69) is 12.2 Å². The summed E-state index contributed by atoms with van der Waals surface area (Å²) in [7, 11) is 1.61. The van der Waals surface area contributed by atoms with Gasteiger partial charge in [-0.3, -0.25) is 4.79 Å². The summed E-state index contributed by atoms with van der Waals surface area (Å²) >= 11 is 0. The van der Waals surface area contributed by atoms with Crippen LogP contribution in [0.25, 0.3) is 0 Å². The molecule has 0 unspecified atom stereocenters. The van der Waals surface area contributed by atoms with E-state index in [4.69, 9.17) is 18.9 Å². The van der Waals surface area contributed by atoms with Crippen molar-refractivity contribution in [2.45, 2.75) is 26.3 Å². The third-order valence-corrected chi connectivity index (χ3v) is 4.25. The average Bonchev–Trinajstić information content (AvgIpc) is 2.72. The molecule has 0 atom stereocenters. The van der Waals surface area contributed by atoms with Gasteiger partial charge in [-0.1, -0.05) is 25.5 Å². The first-order chi connectivity index (χ1) is 13.2. The van der Waals surface area contributed by atoms with E-state index < -0.39 is 0 Å². The van der Waals surface area contributed by atoms with Crippen molar-refractivity contribution in [2.75, 3.05) is 26.9 Å². The van der Waals surface area contributed by atoms with Gasteiger partial charge in [0.15, 0.2) is 23.0 Å². The molecule has 3 rings (SSSR count). The third kappa shape index (κ3) is 4.64. The predicted molar refractivity (Wildman–Crippen MR) is 102 cm³/mol. The van der Waals surface area contributed by atoms with Gasteiger partial charge in [0.1, 0.15) is 13.2 Å². The minimum Gasteiger partial charge on any atom is -0.493 e. The van der Waals surface area contributed by atoms with Crippen LogP contribution < -0.4 is 24.3 Å². The average molecular weight is 371 g/mol. The summed E-state index contributed by atoms with van der Waals surface area (Å²) in [6.07, 6.45) is 2.07. The number of methoxy groups -OCH3 is 1. The minimum absolute atomic E-state index is 0.209. The van der Waals surface area contributed by atoms with Crippen molar-refractivity contribution >= 4 is 5.91 Å². The molecule has 0 saturated carbocycles. The van der Waals surface area contributed by atoms with E-state index in [1.54, 1.807) is 25.3 Å². The van der Waals surface area contributed by atoms with Crippen LogP contribution in [0.3, 0.4) is 0 Å². The third-order valence-electron chi connectivity index (χ3n) is 4.25. The summed E-state index contributed by atoms with van der Waals surface area (Å²) in [5.41, 5.74) is 1.39. The lowest BCUT2D eigenvalue weighted by atomic mass is 10.1. The number of carbonyl (C=O) groups is 1. The topological polar surface area (TPSA) is 66.0 Å². The lowest BCUT2D eigenvalue weighted by Gasteiger charge is -2.20. The van der Waals surface area contributed by atoms with E-state index in [9.17, 15) is 4.79 Å². The standard InChI is InChI=1S/C21H25NO5/c1-3-4-10-25-17-9-8-15(13-19(17)24-2)14-22-21(23)16-6-5-7-18-20(16)27-12-11-26-18/h5-9,13H,3-4,10-12,14H2,1-2H3,(H,22,23). The van der Waals surface area contributed by atoms with Gasteiger partial charge in [0.2, 0.25) is 0 Å². The molecule has 27 heavy (non-hydrogen) atoms. The largest absolute Gasteiger partial charge is 0.493 e. The Balaban J connectivity index is 1.65. The van der Waals surface area contributed by atoms with Crippen LogP contribution in [-0.2, 0) is 6.54 Å². The van der Waals surface area contributed by atoms with Gasteiger partial charge < -0.3 is 24.3 Å². The highest BCUT2D eigenvalue weighted by atomic mass is 16.6. The van der Waals surface area contributed by atoms with Crippen LogP contribution in [0.2, 0.25) is 0 Å². The molecular formula is C21H25NO5. The van der Waals surface area contributed by atoms with Crippen LogP contribution in [0.15, 0.2) is 36.4 Å². The van der Waals surface area contributed by atoms with Crippen molar-refractivity contribution in [3.8, 4) is 23.0 Å². The summed E-state index contributed by atoms with van der Waals surface area (Å²) in [6, 6.07) is 11.0. The van der Waals surface area contributed by atoms with Crippen molar-refractivity contribution in [3.63, 3.8) is 0 Å². The number of para-hydroxylation sites is 1. The molecule has 1 aliphatic heterocycles. The Morgan fingerprint density at radius 1 is 1.15 bits per heavy atom. The normalized spacial score (nSPS) is 12.4. The fourth-order valence-electron chi connectivity index (χ4n) is 2.80. The van der Waals surface area contributed by atoms with Crippen molar-refractivity contribution in [3.05, 3.63) is 47.5 Å². The zero-order valence-electron chi connectivity index (χ0n) is 15.7. The molecule has 2 aromatic carbocycles. The smallest absolute Gasteiger partial charge is 0.255 e. The Hall–Kier alpha value is -2.89. The number of amides is 1. The molecule has 1 N–H and O–H groups in total. The monoisotopic (exact) mass is 371 g/mol. The van der Waals surface area contributed by atoms with Gasteiger partial charge in [0.25, 0.3) is 5.91 Å². The SMILES string of the molecule is CCCCOc1ccc(CNC(=O)c2cccc3c2OCCO3)cc1OC. The molecule has 0 fully saturated rings. The Bertz CT molecular complexity index is 790. The van der Waals surface area contributed by atoms with Gasteiger partial charge >= 0.3 is 0 Å². The van der Waals surface area contributed by atoms with E-state index in [1.807, 2.05) is 18.2 Å². The minimum atomic E-state index is -0.209. The maximum absolute atomic E-state index is 12.6. The van der Waals surface area contributed by atoms with Gasteiger partial charge in [0.05, 0.1) is 19.3 Å². The van der Waals surface area contributed by atoms with Gasteiger partial charge in [0, 0.05) is 6.54 Å². The fraction of sp³-hybridized carbons (Fsp3) is 0.381. The van der Waals surface area contributed by atoms with Crippen LogP contribution in [0, 0.1) is 0 Å². The summed E-state index contributed by atoms with van der Waals surface area (Å²) < 4.78 is 22.3. The molecule has 144 valence electrons. The van der Waals surface area contributed by atoms with E-state index in [-0.39, 0.29) is 5.91 Å². The zero-order valence-corrected chi connectivity index (χ0v) is 15.7. The van der Waals surface area contributed by atoms with Crippen molar-refractivity contribution in [1.82, 2.24) is 5.32 Å². The first-order valence-electron chi connectivity index (χ1n) is 9.19. The molecular weight excluding hydrogens is 346 g/mol. The Morgan fingerprint density at radius 3 is 2.81 bits per heavy atom. The number of rotatable bonds is 8. The molecule has 0 saturated heterocycles. The van der Waals surface area contributed by atoms with Gasteiger partial charge in [-0.05, 0) is 36.2 Å². The molecule has 6 heteroatoms. The number of ether oxygens (including phenoxy) is 4. The van der Waals surface area contributed by atoms with Crippen LogP contribution in [0.4, 0.5) is 0 Å². The van der Waals surface area contributed by atoms with Crippen molar-refractivity contribution in [1.29, 1.82) is 0 Å². The molecule has 2 aromatic rings. The molecule has 0 aromatic heterocycles. The number of carbonyl (C=O) groups excluding carboxylic acids is 1. The van der Waals surface area contributed by atoms with Crippen LogP contribution in [0.5, 0.6) is 23.0 Å². The number of benzene rings is 2. The molecule has 0 bridgehead atoms. The van der Waals surface area contributed by atoms with Crippen LogP contribution in [-0.4, -0.2) is 32.8 Å². The molecule has 0 aliphatic carbocycles. The van der Waals surface area contributed by atoms with Crippen molar-refractivity contribution < 1.29 is 23.7 Å². The highest BCUT2D eigenvalue weighted by Crippen LogP contribution is 2.33. The number of hydrogen-bond donors (Lipinski definition) is 1. The van der Waals surface area contributed by atoms with E-state index in [1.165, 1.54) is 0 Å². The molecule has 1 aliphatic rings. The maximum Gasteiger partial charge on any atom is 0.255 e. The van der Waals surface area contributed by atoms with E-state index in [0.717, 1.165) is 18.4 Å². The van der Waals surface area contributed by atoms with Gasteiger partial charge in [-0.15, -0.1) is 0 Å². The van der Waals surface area contributed by atoms with E-state index in [0.29, 0.717) is 54.9 Å². The summed E-state index contributed by atoms with van der Waals surface area (Å²) in [4.78, 5) is 12.6. The zero-order chi connectivity index (χ0) is 19.1. The lowest BCUT2D eigenvalue weighted by Crippen LogP contribution is -2.25. The highest BCUT2D eigenvalue weighted by molar-refractivity contribution is 5.97. The van der Waals surface area contributed by atoms with Crippen LogP contribution in [0.1, 0.15) is 35.7 Å². The second kappa shape index (κ2) is 9.16. The van der Waals surface area contributed by atoms with Gasteiger partial charge in [-0.2, -0.15) is 0 Å². The number of hydrogen-bond acceptors (Lipinski definition) is 5. The lowest BCUT2D eigenvalue weighted by molar-refractivity contribution is 0.0939. The second-order valence-corrected chi connectivity index (χ2v) is 6.20. The first-order valence-corrected chi connectivity index (χ1v) is 9.19. The van der Waals surface area contributed by atoms with Crippen molar-refractivity contribution in [2.24, 2.45) is 0 Å². The quantitative estimate of drug-likeness (QED) is 0.719. The first kappa shape index (κ1) is 18.9. The second-order valence-electron chi connectivity index (χ2n) is 6.20. The molecule has 6 nitrogen and oxygen atoms in total. The summed E-state index contributed by atoms with van der Waals surface area (Å²) in [5.74, 6) is 2.26. The Labute approximate surface area is 159 Å². The number of nitrogens with one attached hydrogen (secondary N) is 1. The predicted octanol–water partition coefficient (Wildman–Crippen LogP) is 3.58. The number of unbranched alkanes of at least 4 members (excludes halogenated alkanes) is 1. The molecule has 0 spiro atoms. The number of fused-ring (bicyclic) bond motifs is 1. The molecule has 1 amide bonds. The van der Waals surface area contributed by atoms with Crippen LogP contribution >= 0.6 is 0 Å². The molecule has 0 radical (unpaired) electrons. The molecule has 1 heterocycles. The summed E-state index contributed by atoms with van der Waals surface area (Å²) in [6.45, 7) is 4.07. The highest BCUT2D eigenvalue weighted by Gasteiger charge is 2.20. The fourth-order valence-corrected chi connectivity index (χ4v) is 2.80. The Morgan fingerprint density at radius 2 is 2.00 bits per heavy atom.